The molecule has 1 saturated carbocycles. The Hall–Kier alpha value is -2.30. The molecule has 1 aliphatic heterocycles. The maximum atomic E-state index is 6.05. The van der Waals surface area contributed by atoms with E-state index in [4.69, 9.17) is 4.74 Å². The van der Waals surface area contributed by atoms with Gasteiger partial charge in [0.2, 0.25) is 0 Å². The van der Waals surface area contributed by atoms with Crippen molar-refractivity contribution < 1.29 is 4.74 Å². The van der Waals surface area contributed by atoms with Crippen molar-refractivity contribution in [3.8, 4) is 0 Å². The maximum absolute atomic E-state index is 6.05. The lowest BCUT2D eigenvalue weighted by Crippen LogP contribution is -2.53. The first-order chi connectivity index (χ1) is 13.3. The van der Waals surface area contributed by atoms with Gasteiger partial charge in [-0.25, -0.2) is 0 Å². The summed E-state index contributed by atoms with van der Waals surface area (Å²) < 4.78 is 6.05. The van der Waals surface area contributed by atoms with E-state index in [2.05, 4.69) is 82.2 Å². The first-order valence-electron chi connectivity index (χ1n) is 9.88. The highest BCUT2D eigenvalue weighted by atomic mass is 16.5. The Bertz CT molecular complexity index is 754. The zero-order valence-electron chi connectivity index (χ0n) is 16.1. The monoisotopic (exact) mass is 363 g/mol. The van der Waals surface area contributed by atoms with Crippen LogP contribution >= 0.6 is 0 Å². The number of methoxy groups -OCH3 is 1. The van der Waals surface area contributed by atoms with E-state index in [1.807, 2.05) is 7.11 Å². The summed E-state index contributed by atoms with van der Waals surface area (Å²) in [6.07, 6.45) is 6.90. The van der Waals surface area contributed by atoms with Gasteiger partial charge in [-0.15, -0.1) is 0 Å². The summed E-state index contributed by atoms with van der Waals surface area (Å²) in [5.74, 6) is 0. The molecule has 0 amide bonds. The van der Waals surface area contributed by atoms with Gasteiger partial charge in [-0.2, -0.15) is 5.01 Å². The van der Waals surface area contributed by atoms with E-state index in [1.165, 1.54) is 29.7 Å². The second-order valence-electron chi connectivity index (χ2n) is 7.62. The number of nitrogens with zero attached hydrogens (tertiary/aromatic N) is 2. The average molecular weight is 364 g/mol. The molecule has 0 radical (unpaired) electrons. The first-order valence-corrected chi connectivity index (χ1v) is 9.88. The Morgan fingerprint density at radius 2 is 1.48 bits per heavy atom. The van der Waals surface area contributed by atoms with Crippen LogP contribution in [0.4, 0.5) is 0 Å². The topological polar surface area (TPSA) is 27.7 Å². The molecule has 1 fully saturated rings. The molecular formula is C23H29N3O. The molecule has 1 heterocycles. The molecule has 4 nitrogen and oxygen atoms in total. The fourth-order valence-corrected chi connectivity index (χ4v) is 4.23. The summed E-state index contributed by atoms with van der Waals surface area (Å²) in [5, 5.41) is 2.30. The molecule has 1 N–H and O–H groups in total. The van der Waals surface area contributed by atoms with Gasteiger partial charge in [-0.1, -0.05) is 73.5 Å². The largest absolute Gasteiger partial charge is 0.372 e. The van der Waals surface area contributed by atoms with Gasteiger partial charge in [0.15, 0.2) is 0 Å². The second-order valence-corrected chi connectivity index (χ2v) is 7.62. The van der Waals surface area contributed by atoms with Crippen LogP contribution in [-0.2, 0) is 17.8 Å². The van der Waals surface area contributed by atoms with E-state index in [0.717, 1.165) is 32.6 Å². The van der Waals surface area contributed by atoms with Gasteiger partial charge in [0, 0.05) is 26.4 Å². The summed E-state index contributed by atoms with van der Waals surface area (Å²) in [4.78, 5) is 2.39. The van der Waals surface area contributed by atoms with Crippen molar-refractivity contribution in [2.24, 2.45) is 0 Å². The predicted octanol–water partition coefficient (Wildman–Crippen LogP) is 4.27. The van der Waals surface area contributed by atoms with E-state index in [1.54, 1.807) is 0 Å². The number of hydrogen-bond donors (Lipinski definition) is 1. The molecule has 0 bridgehead atoms. The highest BCUT2D eigenvalue weighted by Crippen LogP contribution is 2.39. The van der Waals surface area contributed by atoms with Gasteiger partial charge in [0.25, 0.3) is 0 Å². The van der Waals surface area contributed by atoms with Gasteiger partial charge in [0.05, 0.1) is 12.4 Å². The van der Waals surface area contributed by atoms with Crippen molar-refractivity contribution in [3.63, 3.8) is 0 Å². The molecule has 0 spiro atoms. The number of rotatable bonds is 6. The van der Waals surface area contributed by atoms with Crippen molar-refractivity contribution >= 4 is 0 Å². The number of nitrogens with one attached hydrogen (secondary N) is 1. The summed E-state index contributed by atoms with van der Waals surface area (Å²) in [6.45, 7) is 2.60. The predicted molar refractivity (Wildman–Crippen MR) is 108 cm³/mol. The molecule has 4 rings (SSSR count). The molecular weight excluding hydrogens is 334 g/mol. The van der Waals surface area contributed by atoms with E-state index >= 15 is 0 Å². The van der Waals surface area contributed by atoms with E-state index < -0.39 is 0 Å². The number of ether oxygens (including phenoxy) is 1. The molecule has 2 aromatic carbocycles. The lowest BCUT2D eigenvalue weighted by Gasteiger charge is -2.42. The first kappa shape index (κ1) is 18.1. The van der Waals surface area contributed by atoms with Crippen molar-refractivity contribution in [2.45, 2.75) is 44.4 Å². The third-order valence-electron chi connectivity index (χ3n) is 5.68. The van der Waals surface area contributed by atoms with E-state index in [9.17, 15) is 0 Å². The number of hydrazine groups is 1. The van der Waals surface area contributed by atoms with Gasteiger partial charge in [0.1, 0.15) is 5.60 Å². The molecule has 2 aromatic rings. The van der Waals surface area contributed by atoms with Gasteiger partial charge in [-0.3, -0.25) is 0 Å². The average Bonchev–Trinajstić information content (AvgIpc) is 3.20. The van der Waals surface area contributed by atoms with Crippen molar-refractivity contribution in [1.82, 2.24) is 15.3 Å². The fourth-order valence-electron chi connectivity index (χ4n) is 4.23. The van der Waals surface area contributed by atoms with Gasteiger partial charge < -0.3 is 15.1 Å². The summed E-state index contributed by atoms with van der Waals surface area (Å²) >= 11 is 0. The number of benzene rings is 2. The summed E-state index contributed by atoms with van der Waals surface area (Å²) in [7, 11) is 1.85. The van der Waals surface area contributed by atoms with Crippen molar-refractivity contribution in [2.75, 3.05) is 13.8 Å². The van der Waals surface area contributed by atoms with Crippen LogP contribution in [0.15, 0.2) is 72.6 Å². The highest BCUT2D eigenvalue weighted by Gasteiger charge is 2.40. The second kappa shape index (κ2) is 8.15. The Morgan fingerprint density at radius 3 is 2.07 bits per heavy atom. The molecule has 0 aromatic heterocycles. The zero-order valence-corrected chi connectivity index (χ0v) is 16.1. The maximum Gasteiger partial charge on any atom is 0.110 e. The molecule has 1 aliphatic carbocycles. The normalized spacial score (nSPS) is 19.6. The number of hydrogen-bond acceptors (Lipinski definition) is 4. The Morgan fingerprint density at radius 1 is 0.889 bits per heavy atom. The standard InChI is InChI=1S/C23H29N3O/c1-27-23(14-8-9-15-23)22-18-25(16-20-10-4-2-5-11-20)19-26(24-22)17-21-12-6-3-7-13-21/h2-7,10-13,18,24H,8-9,14-17,19H2,1H3. The van der Waals surface area contributed by atoms with Crippen LogP contribution in [-0.4, -0.2) is 29.3 Å². The highest BCUT2D eigenvalue weighted by molar-refractivity contribution is 5.21. The quantitative estimate of drug-likeness (QED) is 0.830. The van der Waals surface area contributed by atoms with Gasteiger partial charge >= 0.3 is 0 Å². The molecule has 142 valence electrons. The molecule has 0 unspecified atom stereocenters. The van der Waals surface area contributed by atoms with Crippen LogP contribution in [0.25, 0.3) is 0 Å². The van der Waals surface area contributed by atoms with Crippen LogP contribution in [0.1, 0.15) is 36.8 Å². The summed E-state index contributed by atoms with van der Waals surface area (Å²) in [6, 6.07) is 21.3. The summed E-state index contributed by atoms with van der Waals surface area (Å²) in [5.41, 5.74) is 7.33. The fraction of sp³-hybridized carbons (Fsp3) is 0.391. The lowest BCUT2D eigenvalue weighted by molar-refractivity contribution is -0.00907. The third kappa shape index (κ3) is 4.18. The van der Waals surface area contributed by atoms with Crippen molar-refractivity contribution in [1.29, 1.82) is 0 Å². The Labute approximate surface area is 162 Å². The zero-order chi connectivity index (χ0) is 18.5. The van der Waals surface area contributed by atoms with Gasteiger partial charge in [-0.05, 0) is 24.0 Å². The minimum Gasteiger partial charge on any atom is -0.372 e. The lowest BCUT2D eigenvalue weighted by atomic mass is 9.97. The van der Waals surface area contributed by atoms with Crippen LogP contribution in [0.2, 0.25) is 0 Å². The van der Waals surface area contributed by atoms with E-state index in [-0.39, 0.29) is 5.60 Å². The molecule has 0 saturated heterocycles. The molecule has 27 heavy (non-hydrogen) atoms. The van der Waals surface area contributed by atoms with Crippen molar-refractivity contribution in [3.05, 3.63) is 83.7 Å². The van der Waals surface area contributed by atoms with Crippen LogP contribution in [0.5, 0.6) is 0 Å². The van der Waals surface area contributed by atoms with Crippen LogP contribution in [0.3, 0.4) is 0 Å². The van der Waals surface area contributed by atoms with Crippen LogP contribution in [0, 0.1) is 0 Å². The molecule has 0 atom stereocenters. The van der Waals surface area contributed by atoms with E-state index in [0.29, 0.717) is 0 Å². The molecule has 4 heteroatoms. The third-order valence-corrected chi connectivity index (χ3v) is 5.68. The SMILES string of the molecule is COC1(C2=CN(Cc3ccccc3)CN(Cc3ccccc3)N2)CCCC1. The Balaban J connectivity index is 1.57. The van der Waals surface area contributed by atoms with Crippen LogP contribution < -0.4 is 5.43 Å². The Kier molecular flexibility index (Phi) is 5.46. The molecule has 2 aliphatic rings. The minimum absolute atomic E-state index is 0.176. The smallest absolute Gasteiger partial charge is 0.110 e. The minimum atomic E-state index is -0.176.